The monoisotopic (exact) mass is 437 g/mol. The summed E-state index contributed by atoms with van der Waals surface area (Å²) in [6, 6.07) is 6.77. The van der Waals surface area contributed by atoms with E-state index in [0.29, 0.717) is 30.6 Å². The third-order valence-corrected chi connectivity index (χ3v) is 6.24. The Morgan fingerprint density at radius 2 is 1.89 bits per heavy atom. The van der Waals surface area contributed by atoms with Crippen LogP contribution in [-0.4, -0.2) is 37.7 Å². The summed E-state index contributed by atoms with van der Waals surface area (Å²) in [5, 5.41) is 3.15. The number of amides is 1. The molecule has 0 spiro atoms. The maximum Gasteiger partial charge on any atom is 0.387 e. The highest BCUT2D eigenvalue weighted by molar-refractivity contribution is 5.85. The van der Waals surface area contributed by atoms with E-state index in [9.17, 15) is 13.6 Å². The number of ether oxygens (including phenoxy) is 1. The molecule has 158 valence electrons. The predicted molar refractivity (Wildman–Crippen MR) is 109 cm³/mol. The zero-order valence-corrected chi connectivity index (χ0v) is 17.1. The van der Waals surface area contributed by atoms with Gasteiger partial charge in [-0.3, -0.25) is 4.79 Å². The van der Waals surface area contributed by atoms with Gasteiger partial charge in [0.15, 0.2) is 0 Å². The van der Waals surface area contributed by atoms with Gasteiger partial charge in [0.25, 0.3) is 0 Å². The second-order valence-corrected chi connectivity index (χ2v) is 7.72. The van der Waals surface area contributed by atoms with Gasteiger partial charge in [0.05, 0.1) is 11.6 Å². The van der Waals surface area contributed by atoms with E-state index in [0.717, 1.165) is 25.7 Å². The van der Waals surface area contributed by atoms with Gasteiger partial charge in [-0.2, -0.15) is 8.78 Å². The topological polar surface area (TPSA) is 67.6 Å². The van der Waals surface area contributed by atoms with E-state index in [-0.39, 0.29) is 54.5 Å². The number of carbonyl (C=O) groups excluding carboxylic acids is 1. The van der Waals surface area contributed by atoms with Crippen LogP contribution in [0.3, 0.4) is 0 Å². The number of benzene rings is 1. The van der Waals surface area contributed by atoms with Crippen LogP contribution in [0.15, 0.2) is 24.3 Å². The zero-order valence-electron chi connectivity index (χ0n) is 15.4. The van der Waals surface area contributed by atoms with Crippen molar-refractivity contribution < 1.29 is 18.3 Å². The standard InChI is InChI=1S/C19H25F2N3O2.2ClH/c20-19(21)26-15-4-2-1-3-14(15)24-8-7-13(10-24)23-18(25)16-11-5-6-12(9-11)17(16)22;;/h1-4,11-13,16-17,19H,5-10,22H2,(H,23,25);2*1H. The summed E-state index contributed by atoms with van der Waals surface area (Å²) in [5.41, 5.74) is 6.91. The molecule has 1 heterocycles. The summed E-state index contributed by atoms with van der Waals surface area (Å²) in [7, 11) is 0. The normalized spacial score (nSPS) is 30.7. The number of anilines is 1. The first-order valence-corrected chi connectivity index (χ1v) is 9.37. The summed E-state index contributed by atoms with van der Waals surface area (Å²) in [4.78, 5) is 14.7. The number of hydrogen-bond acceptors (Lipinski definition) is 4. The lowest BCUT2D eigenvalue weighted by molar-refractivity contribution is -0.127. The molecule has 1 aromatic carbocycles. The molecule has 2 aliphatic carbocycles. The van der Waals surface area contributed by atoms with Gasteiger partial charge in [-0.25, -0.2) is 0 Å². The van der Waals surface area contributed by atoms with Crippen LogP contribution in [-0.2, 0) is 4.79 Å². The van der Waals surface area contributed by atoms with Gasteiger partial charge in [-0.1, -0.05) is 12.1 Å². The quantitative estimate of drug-likeness (QED) is 0.741. The third-order valence-electron chi connectivity index (χ3n) is 6.24. The van der Waals surface area contributed by atoms with E-state index >= 15 is 0 Å². The summed E-state index contributed by atoms with van der Waals surface area (Å²) in [5.74, 6) is 1.08. The van der Waals surface area contributed by atoms with Crippen molar-refractivity contribution in [2.45, 2.75) is 44.4 Å². The molecule has 5 nitrogen and oxygen atoms in total. The number of hydrogen-bond donors (Lipinski definition) is 2. The maximum absolute atomic E-state index is 12.7. The van der Waals surface area contributed by atoms with Crippen LogP contribution >= 0.6 is 24.8 Å². The van der Waals surface area contributed by atoms with Gasteiger partial charge >= 0.3 is 6.61 Å². The molecule has 3 fully saturated rings. The van der Waals surface area contributed by atoms with Crippen LogP contribution < -0.4 is 20.7 Å². The Morgan fingerprint density at radius 1 is 1.18 bits per heavy atom. The molecule has 2 bridgehead atoms. The fourth-order valence-electron chi connectivity index (χ4n) is 5.03. The summed E-state index contributed by atoms with van der Waals surface area (Å²) in [6.07, 6.45) is 4.11. The molecule has 2 saturated carbocycles. The van der Waals surface area contributed by atoms with Gasteiger partial charge in [0.2, 0.25) is 5.91 Å². The molecule has 1 amide bonds. The van der Waals surface area contributed by atoms with Crippen molar-refractivity contribution in [1.29, 1.82) is 0 Å². The Balaban J connectivity index is 0.00000140. The number of halogens is 4. The first-order valence-electron chi connectivity index (χ1n) is 9.37. The van der Waals surface area contributed by atoms with Crippen molar-refractivity contribution in [2.24, 2.45) is 23.5 Å². The summed E-state index contributed by atoms with van der Waals surface area (Å²) in [6.45, 7) is -1.57. The third kappa shape index (κ3) is 4.47. The fourth-order valence-corrected chi connectivity index (χ4v) is 5.03. The Hall–Kier alpha value is -1.31. The molecule has 1 saturated heterocycles. The lowest BCUT2D eigenvalue weighted by Gasteiger charge is -2.28. The number of carbonyl (C=O) groups is 1. The van der Waals surface area contributed by atoms with Crippen LogP contribution in [0.4, 0.5) is 14.5 Å². The summed E-state index contributed by atoms with van der Waals surface area (Å²) < 4.78 is 29.8. The highest BCUT2D eigenvalue weighted by atomic mass is 35.5. The molecule has 1 aliphatic heterocycles. The number of rotatable bonds is 5. The van der Waals surface area contributed by atoms with Gasteiger partial charge in [0, 0.05) is 25.2 Å². The SMILES string of the molecule is Cl.Cl.NC1C2CCC(C2)C1C(=O)NC1CCN(c2ccccc2OC(F)F)C1. The van der Waals surface area contributed by atoms with Crippen LogP contribution in [0.5, 0.6) is 5.75 Å². The zero-order chi connectivity index (χ0) is 18.3. The molecule has 0 aromatic heterocycles. The molecule has 5 unspecified atom stereocenters. The minimum absolute atomic E-state index is 0. The molecule has 1 aromatic rings. The smallest absolute Gasteiger partial charge is 0.387 e. The van der Waals surface area contributed by atoms with Crippen LogP contribution in [0.1, 0.15) is 25.7 Å². The summed E-state index contributed by atoms with van der Waals surface area (Å²) >= 11 is 0. The number of para-hydroxylation sites is 2. The van der Waals surface area contributed by atoms with Crippen LogP contribution in [0.2, 0.25) is 0 Å². The van der Waals surface area contributed by atoms with E-state index in [2.05, 4.69) is 10.1 Å². The minimum atomic E-state index is -2.85. The first kappa shape index (κ1) is 23.0. The highest BCUT2D eigenvalue weighted by Gasteiger charge is 2.49. The van der Waals surface area contributed by atoms with Gasteiger partial charge in [-0.05, 0) is 49.7 Å². The van der Waals surface area contributed by atoms with Gasteiger partial charge in [0.1, 0.15) is 5.75 Å². The van der Waals surface area contributed by atoms with E-state index in [1.165, 1.54) is 0 Å². The Labute approximate surface area is 176 Å². The number of nitrogens with zero attached hydrogens (tertiary/aromatic N) is 1. The minimum Gasteiger partial charge on any atom is -0.433 e. The van der Waals surface area contributed by atoms with Crippen LogP contribution in [0, 0.1) is 17.8 Å². The van der Waals surface area contributed by atoms with Crippen molar-refractivity contribution in [1.82, 2.24) is 5.32 Å². The Kier molecular flexibility index (Phi) is 7.76. The molecule has 9 heteroatoms. The molecular weight excluding hydrogens is 411 g/mol. The molecular formula is C19H27Cl2F2N3O2. The molecule has 3 N–H and O–H groups in total. The second kappa shape index (κ2) is 9.46. The average molecular weight is 438 g/mol. The van der Waals surface area contributed by atoms with Crippen LogP contribution in [0.25, 0.3) is 0 Å². The number of nitrogens with one attached hydrogen (secondary N) is 1. The largest absolute Gasteiger partial charge is 0.433 e. The average Bonchev–Trinajstić information content (AvgIpc) is 3.31. The molecule has 4 rings (SSSR count). The Bertz CT molecular complexity index is 680. The van der Waals surface area contributed by atoms with Crippen molar-refractivity contribution in [3.8, 4) is 5.75 Å². The van der Waals surface area contributed by atoms with E-state index < -0.39 is 6.61 Å². The van der Waals surface area contributed by atoms with Gasteiger partial charge in [-0.15, -0.1) is 24.8 Å². The highest BCUT2D eigenvalue weighted by Crippen LogP contribution is 2.47. The first-order chi connectivity index (χ1) is 12.5. The second-order valence-electron chi connectivity index (χ2n) is 7.72. The molecule has 3 aliphatic rings. The maximum atomic E-state index is 12.7. The van der Waals surface area contributed by atoms with Gasteiger partial charge < -0.3 is 20.7 Å². The number of alkyl halides is 2. The van der Waals surface area contributed by atoms with Crippen molar-refractivity contribution >= 4 is 36.4 Å². The van der Waals surface area contributed by atoms with Crippen molar-refractivity contribution in [3.63, 3.8) is 0 Å². The number of fused-ring (bicyclic) bond motifs is 2. The lowest BCUT2D eigenvalue weighted by atomic mass is 9.84. The lowest BCUT2D eigenvalue weighted by Crippen LogP contribution is -2.48. The fraction of sp³-hybridized carbons (Fsp3) is 0.632. The molecule has 0 radical (unpaired) electrons. The van der Waals surface area contributed by atoms with E-state index in [1.807, 2.05) is 4.90 Å². The molecule has 28 heavy (non-hydrogen) atoms. The van der Waals surface area contributed by atoms with Crippen molar-refractivity contribution in [3.05, 3.63) is 24.3 Å². The Morgan fingerprint density at radius 3 is 2.57 bits per heavy atom. The van der Waals surface area contributed by atoms with Crippen molar-refractivity contribution in [2.75, 3.05) is 18.0 Å². The number of nitrogens with two attached hydrogens (primary N) is 1. The van der Waals surface area contributed by atoms with E-state index in [4.69, 9.17) is 5.73 Å². The predicted octanol–water partition coefficient (Wildman–Crippen LogP) is 3.20. The van der Waals surface area contributed by atoms with E-state index in [1.54, 1.807) is 24.3 Å². The molecule has 5 atom stereocenters.